The number of nitrogens with one attached hydrogen (secondary N) is 1. The second-order valence-corrected chi connectivity index (χ2v) is 8.85. The normalized spacial score (nSPS) is 30.7. The number of ether oxygens (including phenoxy) is 1. The zero-order valence-corrected chi connectivity index (χ0v) is 16.5. The van der Waals surface area contributed by atoms with Crippen LogP contribution in [0.4, 0.5) is 0 Å². The minimum Gasteiger partial charge on any atom is -0.373 e. The molecule has 1 amide bonds. The van der Waals surface area contributed by atoms with Crippen LogP contribution < -0.4 is 5.32 Å². The predicted molar refractivity (Wildman–Crippen MR) is 101 cm³/mol. The van der Waals surface area contributed by atoms with Crippen molar-refractivity contribution in [3.8, 4) is 0 Å². The molecular weight excluding hydrogens is 314 g/mol. The molecule has 0 aromatic carbocycles. The standard InChI is InChI=1S/C20H37N3O2/c1-14(2)19(23-12-15(3)25-16(4)13-23)20(24)22-9-7-18(8-10-22)21-11-17-5-6-17/h14-19,21H,5-13H2,1-4H3. The first-order valence-corrected chi connectivity index (χ1v) is 10.4. The molecule has 1 aliphatic carbocycles. The molecule has 3 atom stereocenters. The van der Waals surface area contributed by atoms with E-state index in [1.165, 1.54) is 19.4 Å². The Morgan fingerprint density at radius 1 is 1.08 bits per heavy atom. The zero-order valence-electron chi connectivity index (χ0n) is 16.5. The lowest BCUT2D eigenvalue weighted by molar-refractivity contribution is -0.146. The lowest BCUT2D eigenvalue weighted by Crippen LogP contribution is -2.59. The maximum Gasteiger partial charge on any atom is 0.240 e. The molecule has 2 aliphatic heterocycles. The van der Waals surface area contributed by atoms with Crippen LogP contribution in [0.5, 0.6) is 0 Å². The van der Waals surface area contributed by atoms with Gasteiger partial charge >= 0.3 is 0 Å². The fourth-order valence-electron chi connectivity index (χ4n) is 4.45. The van der Waals surface area contributed by atoms with E-state index in [4.69, 9.17) is 4.74 Å². The Hall–Kier alpha value is -0.650. The van der Waals surface area contributed by atoms with E-state index < -0.39 is 0 Å². The SMILES string of the molecule is CC1CN(C(C(=O)N2CCC(NCC3CC3)CC2)C(C)C)CC(C)O1. The van der Waals surface area contributed by atoms with Crippen LogP contribution in [-0.4, -0.2) is 72.7 Å². The quantitative estimate of drug-likeness (QED) is 0.796. The molecule has 1 saturated carbocycles. The molecule has 0 bridgehead atoms. The first kappa shape index (κ1) is 19.1. The molecule has 3 unspecified atom stereocenters. The summed E-state index contributed by atoms with van der Waals surface area (Å²) in [7, 11) is 0. The number of piperidine rings is 1. The number of likely N-dealkylation sites (tertiary alicyclic amines) is 1. The fraction of sp³-hybridized carbons (Fsp3) is 0.950. The van der Waals surface area contributed by atoms with E-state index in [-0.39, 0.29) is 18.2 Å². The summed E-state index contributed by atoms with van der Waals surface area (Å²) in [6.07, 6.45) is 5.40. The van der Waals surface area contributed by atoms with Crippen LogP contribution in [-0.2, 0) is 9.53 Å². The van der Waals surface area contributed by atoms with E-state index in [9.17, 15) is 4.79 Å². The molecule has 3 rings (SSSR count). The van der Waals surface area contributed by atoms with Gasteiger partial charge in [-0.3, -0.25) is 9.69 Å². The summed E-state index contributed by atoms with van der Waals surface area (Å²) in [5, 5.41) is 3.71. The Kier molecular flexibility index (Phi) is 6.39. The maximum absolute atomic E-state index is 13.3. The van der Waals surface area contributed by atoms with Gasteiger partial charge in [0.05, 0.1) is 18.2 Å². The van der Waals surface area contributed by atoms with Gasteiger partial charge in [-0.15, -0.1) is 0 Å². The van der Waals surface area contributed by atoms with Gasteiger partial charge in [0, 0.05) is 32.2 Å². The maximum atomic E-state index is 13.3. The molecule has 2 heterocycles. The highest BCUT2D eigenvalue weighted by Crippen LogP contribution is 2.28. The number of carbonyl (C=O) groups is 1. The molecule has 5 nitrogen and oxygen atoms in total. The third kappa shape index (κ3) is 5.18. The monoisotopic (exact) mass is 351 g/mol. The predicted octanol–water partition coefficient (Wildman–Crippen LogP) is 2.11. The van der Waals surface area contributed by atoms with Crippen molar-refractivity contribution >= 4 is 5.91 Å². The highest BCUT2D eigenvalue weighted by Gasteiger charge is 2.37. The van der Waals surface area contributed by atoms with Crippen molar-refractivity contribution in [1.82, 2.24) is 15.1 Å². The van der Waals surface area contributed by atoms with Crippen LogP contribution in [0.3, 0.4) is 0 Å². The van der Waals surface area contributed by atoms with E-state index in [0.29, 0.717) is 17.9 Å². The van der Waals surface area contributed by atoms with Gasteiger partial charge in [-0.25, -0.2) is 0 Å². The van der Waals surface area contributed by atoms with Crippen molar-refractivity contribution < 1.29 is 9.53 Å². The van der Waals surface area contributed by atoms with E-state index in [2.05, 4.69) is 42.8 Å². The number of hydrogen-bond donors (Lipinski definition) is 1. The zero-order chi connectivity index (χ0) is 18.0. The second kappa shape index (κ2) is 8.36. The molecule has 5 heteroatoms. The van der Waals surface area contributed by atoms with E-state index >= 15 is 0 Å². The van der Waals surface area contributed by atoms with Crippen molar-refractivity contribution in [2.45, 2.75) is 77.7 Å². The number of nitrogens with zero attached hydrogens (tertiary/aromatic N) is 2. The highest BCUT2D eigenvalue weighted by atomic mass is 16.5. The van der Waals surface area contributed by atoms with Gasteiger partial charge in [-0.2, -0.15) is 0 Å². The Labute approximate surface area is 153 Å². The molecule has 0 radical (unpaired) electrons. The van der Waals surface area contributed by atoms with Crippen LogP contribution in [0, 0.1) is 11.8 Å². The van der Waals surface area contributed by atoms with Gasteiger partial charge in [0.1, 0.15) is 0 Å². The Balaban J connectivity index is 1.53. The number of morpholine rings is 1. The van der Waals surface area contributed by atoms with Gasteiger partial charge in [0.2, 0.25) is 5.91 Å². The number of rotatable bonds is 6. The van der Waals surface area contributed by atoms with Crippen molar-refractivity contribution in [1.29, 1.82) is 0 Å². The van der Waals surface area contributed by atoms with Gasteiger partial charge < -0.3 is 15.0 Å². The van der Waals surface area contributed by atoms with Crippen LogP contribution in [0.2, 0.25) is 0 Å². The summed E-state index contributed by atoms with van der Waals surface area (Å²) >= 11 is 0. The molecule has 1 N–H and O–H groups in total. The fourth-order valence-corrected chi connectivity index (χ4v) is 4.45. The summed E-state index contributed by atoms with van der Waals surface area (Å²) in [5.74, 6) is 1.59. The summed E-state index contributed by atoms with van der Waals surface area (Å²) in [4.78, 5) is 17.7. The van der Waals surface area contributed by atoms with Crippen molar-refractivity contribution in [2.75, 3.05) is 32.7 Å². The summed E-state index contributed by atoms with van der Waals surface area (Å²) < 4.78 is 5.86. The Bertz CT molecular complexity index is 434. The summed E-state index contributed by atoms with van der Waals surface area (Å²) in [5.41, 5.74) is 0. The minimum absolute atomic E-state index is 0.00947. The molecule has 25 heavy (non-hydrogen) atoms. The van der Waals surface area contributed by atoms with Gasteiger partial charge in [-0.05, 0) is 57.9 Å². The molecule has 0 aromatic rings. The molecule has 144 valence electrons. The molecule has 0 spiro atoms. The van der Waals surface area contributed by atoms with Crippen molar-refractivity contribution in [2.24, 2.45) is 11.8 Å². The van der Waals surface area contributed by atoms with Gasteiger partial charge in [0.15, 0.2) is 0 Å². The lowest BCUT2D eigenvalue weighted by Gasteiger charge is -2.43. The lowest BCUT2D eigenvalue weighted by atomic mass is 9.97. The van der Waals surface area contributed by atoms with Gasteiger partial charge in [-0.1, -0.05) is 13.8 Å². The average molecular weight is 352 g/mol. The van der Waals surface area contributed by atoms with Crippen LogP contribution in [0.15, 0.2) is 0 Å². The van der Waals surface area contributed by atoms with Crippen LogP contribution >= 0.6 is 0 Å². The highest BCUT2D eigenvalue weighted by molar-refractivity contribution is 5.82. The van der Waals surface area contributed by atoms with Gasteiger partial charge in [0.25, 0.3) is 0 Å². The first-order chi connectivity index (χ1) is 11.9. The van der Waals surface area contributed by atoms with E-state index in [1.54, 1.807) is 0 Å². The average Bonchev–Trinajstić information content (AvgIpc) is 3.36. The van der Waals surface area contributed by atoms with Crippen molar-refractivity contribution in [3.63, 3.8) is 0 Å². The molecular formula is C20H37N3O2. The van der Waals surface area contributed by atoms with E-state index in [1.807, 2.05) is 0 Å². The topological polar surface area (TPSA) is 44.8 Å². The molecule has 3 fully saturated rings. The smallest absolute Gasteiger partial charge is 0.240 e. The first-order valence-electron chi connectivity index (χ1n) is 10.4. The largest absolute Gasteiger partial charge is 0.373 e. The Morgan fingerprint density at radius 3 is 2.20 bits per heavy atom. The summed E-state index contributed by atoms with van der Waals surface area (Å²) in [6, 6.07) is 0.593. The molecule has 0 aromatic heterocycles. The summed E-state index contributed by atoms with van der Waals surface area (Å²) in [6.45, 7) is 13.3. The van der Waals surface area contributed by atoms with Crippen LogP contribution in [0.1, 0.15) is 53.4 Å². The molecule has 2 saturated heterocycles. The molecule has 3 aliphatic rings. The minimum atomic E-state index is -0.00947. The third-order valence-corrected chi connectivity index (χ3v) is 5.92. The number of hydrogen-bond acceptors (Lipinski definition) is 4. The third-order valence-electron chi connectivity index (χ3n) is 5.92. The van der Waals surface area contributed by atoms with E-state index in [0.717, 1.165) is 44.9 Å². The van der Waals surface area contributed by atoms with Crippen molar-refractivity contribution in [3.05, 3.63) is 0 Å². The second-order valence-electron chi connectivity index (χ2n) is 8.85. The number of carbonyl (C=O) groups excluding carboxylic acids is 1. The Morgan fingerprint density at radius 2 is 1.68 bits per heavy atom. The van der Waals surface area contributed by atoms with Crippen LogP contribution in [0.25, 0.3) is 0 Å². The number of amides is 1.